The van der Waals surface area contributed by atoms with Gasteiger partial charge in [-0.3, -0.25) is 4.79 Å². The fourth-order valence-electron chi connectivity index (χ4n) is 2.54. The third-order valence-corrected chi connectivity index (χ3v) is 3.51. The lowest BCUT2D eigenvalue weighted by atomic mass is 10.0. The Hall–Kier alpha value is -2.25. The van der Waals surface area contributed by atoms with Crippen LogP contribution >= 0.6 is 0 Å². The number of rotatable bonds is 1. The zero-order valence-electron chi connectivity index (χ0n) is 10.6. The zero-order chi connectivity index (χ0) is 15.2. The highest BCUT2D eigenvalue weighted by Gasteiger charge is 2.50. The van der Waals surface area contributed by atoms with Crippen molar-refractivity contribution in [3.05, 3.63) is 47.0 Å². The van der Waals surface area contributed by atoms with Crippen LogP contribution < -0.4 is 0 Å². The Labute approximate surface area is 116 Å². The van der Waals surface area contributed by atoms with E-state index >= 15 is 0 Å². The van der Waals surface area contributed by atoms with Crippen molar-refractivity contribution >= 4 is 5.91 Å². The van der Waals surface area contributed by atoms with Gasteiger partial charge in [0.25, 0.3) is 5.91 Å². The lowest BCUT2D eigenvalue weighted by Crippen LogP contribution is -2.38. The minimum atomic E-state index is -4.75. The number of carbonyl (C=O) groups excluding carboxylic acids is 1. The Morgan fingerprint density at radius 3 is 2.67 bits per heavy atom. The summed E-state index contributed by atoms with van der Waals surface area (Å²) in [5.74, 6) is -4.16. The van der Waals surface area contributed by atoms with Crippen molar-refractivity contribution in [1.29, 1.82) is 0 Å². The van der Waals surface area contributed by atoms with Gasteiger partial charge in [0.1, 0.15) is 5.82 Å². The maximum atomic E-state index is 13.7. The van der Waals surface area contributed by atoms with Crippen LogP contribution in [-0.4, -0.2) is 17.0 Å². The quantitative estimate of drug-likeness (QED) is 0.748. The van der Waals surface area contributed by atoms with E-state index in [0.29, 0.717) is 11.1 Å². The molecule has 1 aromatic rings. The molecule has 0 fully saturated rings. The molecule has 2 aliphatic heterocycles. The predicted octanol–water partition coefficient (Wildman–Crippen LogP) is 3.15. The van der Waals surface area contributed by atoms with Gasteiger partial charge < -0.3 is 4.90 Å². The largest absolute Gasteiger partial charge is 0.406 e. The van der Waals surface area contributed by atoms with E-state index in [-0.39, 0.29) is 18.8 Å². The summed E-state index contributed by atoms with van der Waals surface area (Å²) in [6.07, 6.45) is -3.83. The standard InChI is InChI=1S/C13H9F4N3O/c14-9-3-1-2-7-5-20(6-8(7)9)10-4-18-19-12(21)11(10)13(15,16)17/h1-4,11H,5-6H2. The summed E-state index contributed by atoms with van der Waals surface area (Å²) in [5, 5.41) is 6.27. The SMILES string of the molecule is O=C1N=NC=C(N2Cc3cccc(F)c3C2)C1C(F)(F)F. The summed E-state index contributed by atoms with van der Waals surface area (Å²) in [4.78, 5) is 12.7. The van der Waals surface area contributed by atoms with E-state index in [9.17, 15) is 22.4 Å². The number of amides is 1. The Morgan fingerprint density at radius 2 is 2.00 bits per heavy atom. The summed E-state index contributed by atoms with van der Waals surface area (Å²) in [6, 6.07) is 4.40. The Bertz CT molecular complexity index is 666. The molecule has 1 amide bonds. The van der Waals surface area contributed by atoms with Crippen molar-refractivity contribution in [3.63, 3.8) is 0 Å². The van der Waals surface area contributed by atoms with Gasteiger partial charge in [-0.05, 0) is 11.6 Å². The molecule has 0 spiro atoms. The number of benzene rings is 1. The van der Waals surface area contributed by atoms with E-state index in [1.165, 1.54) is 17.0 Å². The molecular formula is C13H9F4N3O. The van der Waals surface area contributed by atoms with Gasteiger partial charge in [0.05, 0.1) is 11.9 Å². The van der Waals surface area contributed by atoms with Crippen LogP contribution in [0.25, 0.3) is 0 Å². The lowest BCUT2D eigenvalue weighted by Gasteiger charge is -2.28. The molecule has 2 heterocycles. The molecule has 110 valence electrons. The molecule has 0 N–H and O–H groups in total. The first-order chi connectivity index (χ1) is 9.88. The number of fused-ring (bicyclic) bond motifs is 1. The fourth-order valence-corrected chi connectivity index (χ4v) is 2.54. The second kappa shape index (κ2) is 4.64. The van der Waals surface area contributed by atoms with Crippen LogP contribution in [0.5, 0.6) is 0 Å². The fraction of sp³-hybridized carbons (Fsp3) is 0.308. The van der Waals surface area contributed by atoms with Crippen molar-refractivity contribution in [2.24, 2.45) is 16.1 Å². The number of azo groups is 1. The first-order valence-corrected chi connectivity index (χ1v) is 6.10. The van der Waals surface area contributed by atoms with Crippen molar-refractivity contribution < 1.29 is 22.4 Å². The number of halogens is 4. The van der Waals surface area contributed by atoms with Gasteiger partial charge in [-0.2, -0.15) is 18.3 Å². The number of carbonyl (C=O) groups is 1. The minimum absolute atomic E-state index is 0.0246. The molecule has 0 bridgehead atoms. The van der Waals surface area contributed by atoms with Gasteiger partial charge >= 0.3 is 6.18 Å². The van der Waals surface area contributed by atoms with Crippen LogP contribution in [0.3, 0.4) is 0 Å². The molecule has 0 aliphatic carbocycles. The summed E-state index contributed by atoms with van der Waals surface area (Å²) >= 11 is 0. The molecule has 0 saturated carbocycles. The molecule has 8 heteroatoms. The van der Waals surface area contributed by atoms with Crippen molar-refractivity contribution in [2.45, 2.75) is 19.3 Å². The lowest BCUT2D eigenvalue weighted by molar-refractivity contribution is -0.177. The van der Waals surface area contributed by atoms with E-state index in [1.54, 1.807) is 6.07 Å². The Balaban J connectivity index is 1.94. The normalized spacial score (nSPS) is 21.5. The summed E-state index contributed by atoms with van der Waals surface area (Å²) in [7, 11) is 0. The maximum absolute atomic E-state index is 13.7. The molecule has 0 aromatic heterocycles. The first-order valence-electron chi connectivity index (χ1n) is 6.10. The topological polar surface area (TPSA) is 45.0 Å². The summed E-state index contributed by atoms with van der Waals surface area (Å²) < 4.78 is 52.8. The van der Waals surface area contributed by atoms with E-state index < -0.39 is 23.8 Å². The molecule has 1 atom stereocenters. The molecule has 1 unspecified atom stereocenters. The summed E-state index contributed by atoms with van der Waals surface area (Å²) in [5.41, 5.74) is 0.652. The van der Waals surface area contributed by atoms with Gasteiger partial charge in [0.2, 0.25) is 0 Å². The van der Waals surface area contributed by atoms with Crippen LogP contribution in [-0.2, 0) is 17.9 Å². The molecule has 1 aromatic carbocycles. The van der Waals surface area contributed by atoms with E-state index in [0.717, 1.165) is 6.20 Å². The third-order valence-electron chi connectivity index (χ3n) is 3.51. The van der Waals surface area contributed by atoms with E-state index in [1.807, 2.05) is 0 Å². The molecule has 2 aliphatic rings. The van der Waals surface area contributed by atoms with Gasteiger partial charge in [-0.15, -0.1) is 5.11 Å². The van der Waals surface area contributed by atoms with Crippen LogP contribution in [0.15, 0.2) is 40.3 Å². The average molecular weight is 299 g/mol. The first kappa shape index (κ1) is 13.7. The van der Waals surface area contributed by atoms with Gasteiger partial charge in [0.15, 0.2) is 5.92 Å². The number of nitrogens with zero attached hydrogens (tertiary/aromatic N) is 3. The number of alkyl halides is 3. The van der Waals surface area contributed by atoms with Crippen LogP contribution in [0.2, 0.25) is 0 Å². The predicted molar refractivity (Wildman–Crippen MR) is 63.1 cm³/mol. The van der Waals surface area contributed by atoms with Crippen molar-refractivity contribution in [2.75, 3.05) is 0 Å². The van der Waals surface area contributed by atoms with Crippen LogP contribution in [0.1, 0.15) is 11.1 Å². The second-order valence-corrected chi connectivity index (χ2v) is 4.82. The average Bonchev–Trinajstić information content (AvgIpc) is 2.82. The number of hydrogen-bond acceptors (Lipinski definition) is 3. The maximum Gasteiger partial charge on any atom is 0.406 e. The van der Waals surface area contributed by atoms with Crippen LogP contribution in [0.4, 0.5) is 17.6 Å². The second-order valence-electron chi connectivity index (χ2n) is 4.82. The van der Waals surface area contributed by atoms with Gasteiger partial charge in [0, 0.05) is 18.7 Å². The highest BCUT2D eigenvalue weighted by atomic mass is 19.4. The molecule has 0 saturated heterocycles. The molecule has 0 radical (unpaired) electrons. The monoisotopic (exact) mass is 299 g/mol. The molecule has 3 rings (SSSR count). The molecular weight excluding hydrogens is 290 g/mol. The highest BCUT2D eigenvalue weighted by molar-refractivity contribution is 5.83. The summed E-state index contributed by atoms with van der Waals surface area (Å²) in [6.45, 7) is 0.0809. The number of hydrogen-bond donors (Lipinski definition) is 0. The van der Waals surface area contributed by atoms with E-state index in [4.69, 9.17) is 0 Å². The van der Waals surface area contributed by atoms with Gasteiger partial charge in [-0.1, -0.05) is 12.1 Å². The molecule has 21 heavy (non-hydrogen) atoms. The van der Waals surface area contributed by atoms with E-state index in [2.05, 4.69) is 10.2 Å². The van der Waals surface area contributed by atoms with Crippen LogP contribution in [0, 0.1) is 11.7 Å². The molecule has 4 nitrogen and oxygen atoms in total. The smallest absolute Gasteiger partial charge is 0.364 e. The zero-order valence-corrected chi connectivity index (χ0v) is 10.6. The highest BCUT2D eigenvalue weighted by Crippen LogP contribution is 2.39. The van der Waals surface area contributed by atoms with Gasteiger partial charge in [-0.25, -0.2) is 4.39 Å². The van der Waals surface area contributed by atoms with Crippen molar-refractivity contribution in [3.8, 4) is 0 Å². The Morgan fingerprint density at radius 1 is 1.24 bits per heavy atom. The Kier molecular flexibility index (Phi) is 3.03. The minimum Gasteiger partial charge on any atom is -0.364 e. The van der Waals surface area contributed by atoms with Crippen molar-refractivity contribution in [1.82, 2.24) is 4.90 Å². The third kappa shape index (κ3) is 2.30.